The van der Waals surface area contributed by atoms with Crippen LogP contribution < -0.4 is 0 Å². The Labute approximate surface area is 57.9 Å². The van der Waals surface area contributed by atoms with Gasteiger partial charge in [-0.15, -0.1) is 0 Å². The lowest BCUT2D eigenvalue weighted by Gasteiger charge is -2.29. The fourth-order valence-electron chi connectivity index (χ4n) is 0.327. The minimum atomic E-state index is -4.53. The molecule has 0 aliphatic rings. The second-order valence-electron chi connectivity index (χ2n) is 2.80. The van der Waals surface area contributed by atoms with E-state index in [4.69, 9.17) is 5.11 Å². The lowest BCUT2D eigenvalue weighted by atomic mass is 9.92. The highest BCUT2D eigenvalue weighted by Gasteiger charge is 2.51. The van der Waals surface area contributed by atoms with Gasteiger partial charge >= 0.3 is 6.18 Å². The third kappa shape index (κ3) is 1.62. The van der Waals surface area contributed by atoms with Crippen molar-refractivity contribution < 1.29 is 18.3 Å². The van der Waals surface area contributed by atoms with Gasteiger partial charge in [-0.05, 0) is 12.8 Å². The predicted octanol–water partition coefficient (Wildman–Crippen LogP) is 1.96. The van der Waals surface area contributed by atoms with Crippen LogP contribution in [0.15, 0.2) is 0 Å². The Hall–Kier alpha value is -0.250. The summed E-state index contributed by atoms with van der Waals surface area (Å²) in [6.07, 6.45) is -4.53. The number of halogens is 3. The molecule has 0 unspecified atom stereocenters. The van der Waals surface area contributed by atoms with Crippen LogP contribution in [0, 0.1) is 5.92 Å². The Bertz CT molecular complexity index is 115. The van der Waals surface area contributed by atoms with Crippen LogP contribution in [0.2, 0.25) is 0 Å². The molecule has 0 fully saturated rings. The maximum atomic E-state index is 11.8. The Balaban J connectivity index is 4.40. The van der Waals surface area contributed by atoms with Crippen LogP contribution in [0.3, 0.4) is 0 Å². The largest absolute Gasteiger partial charge is 0.417 e. The molecule has 0 aromatic carbocycles. The van der Waals surface area contributed by atoms with Gasteiger partial charge in [-0.3, -0.25) is 0 Å². The van der Waals surface area contributed by atoms with Crippen molar-refractivity contribution in [1.29, 1.82) is 0 Å². The molecule has 0 rings (SSSR count). The molecule has 0 amide bonds. The van der Waals surface area contributed by atoms with E-state index in [1.807, 2.05) is 0 Å². The third-order valence-corrected chi connectivity index (χ3v) is 1.70. The first kappa shape index (κ1) is 9.75. The first-order valence-corrected chi connectivity index (χ1v) is 2.98. The van der Waals surface area contributed by atoms with E-state index in [-0.39, 0.29) is 0 Å². The second-order valence-corrected chi connectivity index (χ2v) is 2.80. The average Bonchev–Trinajstić information content (AvgIpc) is 1.62. The number of hydrogen-bond acceptors (Lipinski definition) is 1. The Morgan fingerprint density at radius 2 is 1.50 bits per heavy atom. The molecule has 0 radical (unpaired) electrons. The van der Waals surface area contributed by atoms with Crippen molar-refractivity contribution in [2.24, 2.45) is 5.92 Å². The van der Waals surface area contributed by atoms with Gasteiger partial charge in [-0.2, -0.15) is 13.2 Å². The highest BCUT2D eigenvalue weighted by atomic mass is 19.4. The standard InChI is InChI=1S/C6H11F3O/c1-4(2)5(3,10)6(7,8)9/h4,10H,1-3H3/t5-/m0/s1. The van der Waals surface area contributed by atoms with Gasteiger partial charge in [0.15, 0.2) is 5.60 Å². The lowest BCUT2D eigenvalue weighted by molar-refractivity contribution is -0.267. The van der Waals surface area contributed by atoms with E-state index in [0.29, 0.717) is 0 Å². The molecule has 0 aromatic rings. The molecule has 4 heteroatoms. The van der Waals surface area contributed by atoms with Crippen LogP contribution in [0.5, 0.6) is 0 Å². The normalized spacial score (nSPS) is 19.2. The molecule has 1 nitrogen and oxygen atoms in total. The van der Waals surface area contributed by atoms with E-state index >= 15 is 0 Å². The van der Waals surface area contributed by atoms with Crippen LogP contribution in [0.4, 0.5) is 13.2 Å². The number of rotatable bonds is 1. The highest BCUT2D eigenvalue weighted by molar-refractivity contribution is 4.84. The minimum absolute atomic E-state index is 0.775. The third-order valence-electron chi connectivity index (χ3n) is 1.70. The summed E-state index contributed by atoms with van der Waals surface area (Å²) in [5.74, 6) is -0.813. The van der Waals surface area contributed by atoms with E-state index in [9.17, 15) is 13.2 Å². The highest BCUT2D eigenvalue weighted by Crippen LogP contribution is 2.35. The smallest absolute Gasteiger partial charge is 0.380 e. The molecule has 0 aliphatic heterocycles. The van der Waals surface area contributed by atoms with Crippen LogP contribution in [0.25, 0.3) is 0 Å². The summed E-state index contributed by atoms with van der Waals surface area (Å²) >= 11 is 0. The van der Waals surface area contributed by atoms with Gasteiger partial charge in [0, 0.05) is 0 Å². The fourth-order valence-corrected chi connectivity index (χ4v) is 0.327. The van der Waals surface area contributed by atoms with Gasteiger partial charge < -0.3 is 5.11 Å². The van der Waals surface area contributed by atoms with Crippen molar-refractivity contribution in [3.63, 3.8) is 0 Å². The van der Waals surface area contributed by atoms with Crippen molar-refractivity contribution in [2.45, 2.75) is 32.5 Å². The van der Waals surface area contributed by atoms with Crippen molar-refractivity contribution in [3.05, 3.63) is 0 Å². The van der Waals surface area contributed by atoms with Crippen molar-refractivity contribution in [1.82, 2.24) is 0 Å². The van der Waals surface area contributed by atoms with Crippen molar-refractivity contribution in [2.75, 3.05) is 0 Å². The van der Waals surface area contributed by atoms with E-state index in [1.54, 1.807) is 0 Å². The van der Waals surface area contributed by atoms with Gasteiger partial charge in [-0.1, -0.05) is 13.8 Å². The van der Waals surface area contributed by atoms with Gasteiger partial charge in [0.25, 0.3) is 0 Å². The monoisotopic (exact) mass is 156 g/mol. The summed E-state index contributed by atoms with van der Waals surface area (Å²) in [6, 6.07) is 0. The van der Waals surface area contributed by atoms with Crippen LogP contribution >= 0.6 is 0 Å². The number of hydrogen-bond donors (Lipinski definition) is 1. The summed E-state index contributed by atoms with van der Waals surface area (Å²) in [4.78, 5) is 0. The van der Waals surface area contributed by atoms with Crippen LogP contribution in [-0.4, -0.2) is 16.9 Å². The Morgan fingerprint density at radius 3 is 1.50 bits per heavy atom. The summed E-state index contributed by atoms with van der Waals surface area (Å²) in [6.45, 7) is 3.43. The predicted molar refractivity (Wildman–Crippen MR) is 31.5 cm³/mol. The zero-order chi connectivity index (χ0) is 8.58. The lowest BCUT2D eigenvalue weighted by Crippen LogP contribution is -2.46. The SMILES string of the molecule is CC(C)[C@](C)(O)C(F)(F)F. The molecule has 62 valence electrons. The number of aliphatic hydroxyl groups is 1. The van der Waals surface area contributed by atoms with E-state index in [1.165, 1.54) is 13.8 Å². The molecular formula is C6H11F3O. The summed E-state index contributed by atoms with van der Waals surface area (Å²) in [5.41, 5.74) is -2.56. The Kier molecular flexibility index (Phi) is 2.36. The molecule has 0 aliphatic carbocycles. The second kappa shape index (κ2) is 2.42. The van der Waals surface area contributed by atoms with E-state index in [0.717, 1.165) is 6.92 Å². The molecular weight excluding hydrogens is 145 g/mol. The zero-order valence-corrected chi connectivity index (χ0v) is 6.16. The summed E-state index contributed by atoms with van der Waals surface area (Å²) in [7, 11) is 0. The summed E-state index contributed by atoms with van der Waals surface area (Å²) in [5, 5.41) is 8.80. The molecule has 0 spiro atoms. The topological polar surface area (TPSA) is 20.2 Å². The maximum Gasteiger partial charge on any atom is 0.417 e. The maximum absolute atomic E-state index is 11.8. The van der Waals surface area contributed by atoms with Gasteiger partial charge in [-0.25, -0.2) is 0 Å². The van der Waals surface area contributed by atoms with E-state index < -0.39 is 17.7 Å². The van der Waals surface area contributed by atoms with Gasteiger partial charge in [0.1, 0.15) is 0 Å². The first-order valence-electron chi connectivity index (χ1n) is 2.98. The fraction of sp³-hybridized carbons (Fsp3) is 1.00. The summed E-state index contributed by atoms with van der Waals surface area (Å²) < 4.78 is 35.5. The molecule has 0 saturated heterocycles. The van der Waals surface area contributed by atoms with Gasteiger partial charge in [0.2, 0.25) is 0 Å². The first-order chi connectivity index (χ1) is 4.19. The van der Waals surface area contributed by atoms with E-state index in [2.05, 4.69) is 0 Å². The van der Waals surface area contributed by atoms with Crippen LogP contribution in [-0.2, 0) is 0 Å². The Morgan fingerprint density at radius 1 is 1.20 bits per heavy atom. The van der Waals surface area contributed by atoms with Crippen molar-refractivity contribution >= 4 is 0 Å². The quantitative estimate of drug-likeness (QED) is 0.615. The van der Waals surface area contributed by atoms with Crippen LogP contribution in [0.1, 0.15) is 20.8 Å². The molecule has 0 bridgehead atoms. The molecule has 0 aromatic heterocycles. The molecule has 0 saturated carbocycles. The molecule has 1 N–H and O–H groups in total. The zero-order valence-electron chi connectivity index (χ0n) is 6.16. The average molecular weight is 156 g/mol. The minimum Gasteiger partial charge on any atom is -0.380 e. The van der Waals surface area contributed by atoms with Gasteiger partial charge in [0.05, 0.1) is 0 Å². The molecule has 0 heterocycles. The molecule has 1 atom stereocenters. The molecule has 10 heavy (non-hydrogen) atoms. The van der Waals surface area contributed by atoms with Crippen molar-refractivity contribution in [3.8, 4) is 0 Å². The number of alkyl halides is 3.